The topological polar surface area (TPSA) is 63.1 Å². The zero-order chi connectivity index (χ0) is 15.5. The number of amides is 1. The number of hydrogen-bond acceptors (Lipinski definition) is 3. The predicted octanol–water partition coefficient (Wildman–Crippen LogP) is 2.21. The van der Waals surface area contributed by atoms with Gasteiger partial charge in [-0.05, 0) is 31.6 Å². The van der Waals surface area contributed by atoms with E-state index < -0.39 is 0 Å². The Morgan fingerprint density at radius 3 is 2.95 bits per heavy atom. The van der Waals surface area contributed by atoms with Gasteiger partial charge in [0.05, 0.1) is 17.2 Å². The molecule has 22 heavy (non-hydrogen) atoms. The van der Waals surface area contributed by atoms with Crippen LogP contribution in [0, 0.1) is 11.3 Å². The van der Waals surface area contributed by atoms with Crippen LogP contribution in [0.4, 0.5) is 0 Å². The molecule has 0 spiro atoms. The van der Waals surface area contributed by atoms with Gasteiger partial charge in [0.15, 0.2) is 0 Å². The van der Waals surface area contributed by atoms with Crippen molar-refractivity contribution in [3.05, 3.63) is 35.5 Å². The standard InChI is InChI=1S/C17H20N4O/c1-2-20-7-4-8-21(10-9-20)17(22)14-12-19-15-6-3-5-13(11-18)16(14)15/h3,5-6,12,19H,2,4,7-10H2,1H3. The van der Waals surface area contributed by atoms with Crippen molar-refractivity contribution in [3.63, 3.8) is 0 Å². The maximum absolute atomic E-state index is 12.9. The first-order valence-corrected chi connectivity index (χ1v) is 7.76. The highest BCUT2D eigenvalue weighted by atomic mass is 16.2. The maximum Gasteiger partial charge on any atom is 0.256 e. The van der Waals surface area contributed by atoms with Crippen LogP contribution in [-0.2, 0) is 0 Å². The molecule has 1 N–H and O–H groups in total. The monoisotopic (exact) mass is 296 g/mol. The van der Waals surface area contributed by atoms with Gasteiger partial charge >= 0.3 is 0 Å². The van der Waals surface area contributed by atoms with Crippen molar-refractivity contribution in [2.24, 2.45) is 0 Å². The quantitative estimate of drug-likeness (QED) is 0.924. The molecule has 0 radical (unpaired) electrons. The zero-order valence-electron chi connectivity index (χ0n) is 12.8. The number of carbonyl (C=O) groups is 1. The molecule has 1 aromatic carbocycles. The van der Waals surface area contributed by atoms with Gasteiger partial charge in [0, 0.05) is 36.7 Å². The van der Waals surface area contributed by atoms with Gasteiger partial charge in [-0.1, -0.05) is 13.0 Å². The smallest absolute Gasteiger partial charge is 0.256 e. The van der Waals surface area contributed by atoms with Crippen LogP contribution in [-0.4, -0.2) is 53.4 Å². The number of likely N-dealkylation sites (N-methyl/N-ethyl adjacent to an activating group) is 1. The SMILES string of the molecule is CCN1CCCN(C(=O)c2c[nH]c3cccc(C#N)c23)CC1. The molecule has 1 aliphatic rings. The van der Waals surface area contributed by atoms with Gasteiger partial charge < -0.3 is 14.8 Å². The Hall–Kier alpha value is -2.32. The summed E-state index contributed by atoms with van der Waals surface area (Å²) in [5.41, 5.74) is 2.00. The molecular formula is C17H20N4O. The average Bonchev–Trinajstić information content (AvgIpc) is 2.84. The summed E-state index contributed by atoms with van der Waals surface area (Å²) in [6.45, 7) is 6.64. The largest absolute Gasteiger partial charge is 0.360 e. The fourth-order valence-electron chi connectivity index (χ4n) is 3.11. The van der Waals surface area contributed by atoms with Crippen LogP contribution >= 0.6 is 0 Å². The number of carbonyl (C=O) groups excluding carboxylic acids is 1. The molecule has 1 saturated heterocycles. The lowest BCUT2D eigenvalue weighted by molar-refractivity contribution is 0.0763. The summed E-state index contributed by atoms with van der Waals surface area (Å²) < 4.78 is 0. The number of aromatic nitrogens is 1. The summed E-state index contributed by atoms with van der Waals surface area (Å²) in [5.74, 6) is 0.0203. The Morgan fingerprint density at radius 2 is 2.18 bits per heavy atom. The normalized spacial score (nSPS) is 16.5. The Labute approximate surface area is 130 Å². The van der Waals surface area contributed by atoms with Crippen molar-refractivity contribution in [2.45, 2.75) is 13.3 Å². The van der Waals surface area contributed by atoms with E-state index in [1.807, 2.05) is 17.0 Å². The lowest BCUT2D eigenvalue weighted by atomic mass is 10.1. The number of nitriles is 1. The van der Waals surface area contributed by atoms with E-state index in [1.54, 1.807) is 12.3 Å². The minimum atomic E-state index is 0.0203. The van der Waals surface area contributed by atoms with E-state index in [1.165, 1.54) is 0 Å². The predicted molar refractivity (Wildman–Crippen MR) is 85.6 cm³/mol. The molecule has 0 bridgehead atoms. The summed E-state index contributed by atoms with van der Waals surface area (Å²) in [7, 11) is 0. The van der Waals surface area contributed by atoms with Gasteiger partial charge in [0.2, 0.25) is 0 Å². The number of H-pyrrole nitrogens is 1. The Bertz CT molecular complexity index is 728. The number of fused-ring (bicyclic) bond motifs is 1. The molecule has 0 unspecified atom stereocenters. The van der Waals surface area contributed by atoms with E-state index in [0.717, 1.165) is 50.0 Å². The van der Waals surface area contributed by atoms with Crippen molar-refractivity contribution in [2.75, 3.05) is 32.7 Å². The summed E-state index contributed by atoms with van der Waals surface area (Å²) in [4.78, 5) is 20.3. The summed E-state index contributed by atoms with van der Waals surface area (Å²) in [6.07, 6.45) is 2.73. The summed E-state index contributed by atoms with van der Waals surface area (Å²) in [5, 5.41) is 10.0. The van der Waals surface area contributed by atoms with Crippen LogP contribution in [0.1, 0.15) is 29.3 Å². The number of rotatable bonds is 2. The first-order chi connectivity index (χ1) is 10.7. The molecule has 1 aliphatic heterocycles. The van der Waals surface area contributed by atoms with Gasteiger partial charge in [-0.2, -0.15) is 5.26 Å². The van der Waals surface area contributed by atoms with E-state index in [9.17, 15) is 10.1 Å². The zero-order valence-corrected chi connectivity index (χ0v) is 12.8. The fourth-order valence-corrected chi connectivity index (χ4v) is 3.11. The van der Waals surface area contributed by atoms with E-state index in [-0.39, 0.29) is 5.91 Å². The van der Waals surface area contributed by atoms with Crippen molar-refractivity contribution < 1.29 is 4.79 Å². The van der Waals surface area contributed by atoms with Crippen molar-refractivity contribution in [3.8, 4) is 6.07 Å². The number of nitrogens with one attached hydrogen (secondary N) is 1. The minimum Gasteiger partial charge on any atom is -0.360 e. The molecule has 0 saturated carbocycles. The molecule has 3 rings (SSSR count). The second kappa shape index (κ2) is 6.20. The Morgan fingerprint density at radius 1 is 1.32 bits per heavy atom. The first-order valence-electron chi connectivity index (χ1n) is 7.76. The molecule has 1 fully saturated rings. The van der Waals surface area contributed by atoms with Gasteiger partial charge in [0.25, 0.3) is 5.91 Å². The third-order valence-electron chi connectivity index (χ3n) is 4.38. The molecule has 2 aromatic rings. The third-order valence-corrected chi connectivity index (χ3v) is 4.38. The number of aromatic amines is 1. The second-order valence-electron chi connectivity index (χ2n) is 5.62. The average molecular weight is 296 g/mol. The highest BCUT2D eigenvalue weighted by Gasteiger charge is 2.23. The van der Waals surface area contributed by atoms with Crippen LogP contribution in [0.2, 0.25) is 0 Å². The van der Waals surface area contributed by atoms with Crippen molar-refractivity contribution >= 4 is 16.8 Å². The maximum atomic E-state index is 12.9. The molecule has 1 aromatic heterocycles. The van der Waals surface area contributed by atoms with Gasteiger partial charge in [-0.25, -0.2) is 0 Å². The Kier molecular flexibility index (Phi) is 4.12. The summed E-state index contributed by atoms with van der Waals surface area (Å²) in [6, 6.07) is 7.67. The highest BCUT2D eigenvalue weighted by molar-refractivity contribution is 6.08. The number of benzene rings is 1. The molecular weight excluding hydrogens is 276 g/mol. The molecule has 0 atom stereocenters. The van der Waals surface area contributed by atoms with Crippen LogP contribution < -0.4 is 0 Å². The number of nitrogens with zero attached hydrogens (tertiary/aromatic N) is 3. The van der Waals surface area contributed by atoms with Crippen molar-refractivity contribution in [1.29, 1.82) is 5.26 Å². The Balaban J connectivity index is 1.91. The van der Waals surface area contributed by atoms with Crippen LogP contribution in [0.3, 0.4) is 0 Å². The summed E-state index contributed by atoms with van der Waals surface area (Å²) >= 11 is 0. The number of hydrogen-bond donors (Lipinski definition) is 1. The van der Waals surface area contributed by atoms with Gasteiger partial charge in [0.1, 0.15) is 0 Å². The van der Waals surface area contributed by atoms with Crippen LogP contribution in [0.5, 0.6) is 0 Å². The van der Waals surface area contributed by atoms with E-state index in [4.69, 9.17) is 0 Å². The molecule has 0 aliphatic carbocycles. The fraction of sp³-hybridized carbons (Fsp3) is 0.412. The van der Waals surface area contributed by atoms with Gasteiger partial charge in [-0.3, -0.25) is 4.79 Å². The van der Waals surface area contributed by atoms with E-state index in [2.05, 4.69) is 22.9 Å². The molecule has 2 heterocycles. The minimum absolute atomic E-state index is 0.0203. The van der Waals surface area contributed by atoms with Gasteiger partial charge in [-0.15, -0.1) is 0 Å². The highest BCUT2D eigenvalue weighted by Crippen LogP contribution is 2.24. The van der Waals surface area contributed by atoms with Crippen molar-refractivity contribution in [1.82, 2.24) is 14.8 Å². The molecule has 1 amide bonds. The first kappa shape index (κ1) is 14.6. The molecule has 114 valence electrons. The second-order valence-corrected chi connectivity index (χ2v) is 5.62. The van der Waals surface area contributed by atoms with E-state index >= 15 is 0 Å². The lowest BCUT2D eigenvalue weighted by Gasteiger charge is -2.21. The van der Waals surface area contributed by atoms with E-state index in [0.29, 0.717) is 11.1 Å². The lowest BCUT2D eigenvalue weighted by Crippen LogP contribution is -2.35. The van der Waals surface area contributed by atoms with Crippen LogP contribution in [0.15, 0.2) is 24.4 Å². The molecule has 5 heteroatoms. The van der Waals surface area contributed by atoms with Crippen LogP contribution in [0.25, 0.3) is 10.9 Å². The molecule has 5 nitrogen and oxygen atoms in total. The third kappa shape index (κ3) is 2.58.